The zero-order valence-corrected chi connectivity index (χ0v) is 12.4. The maximum atomic E-state index is 11.7. The topological polar surface area (TPSA) is 78.4 Å². The Labute approximate surface area is 123 Å². The fraction of sp³-hybridized carbons (Fsp3) is 0.429. The summed E-state index contributed by atoms with van der Waals surface area (Å²) >= 11 is 1.64. The van der Waals surface area contributed by atoms with Crippen LogP contribution in [0.15, 0.2) is 30.3 Å². The standard InChI is InChI=1S/C14H20N2O3S/c1-10(9-20-2)16-14(19)15-8-12(13(17)18)11-6-4-3-5-7-11/h3-7,10,12H,8-9H2,1-2H3,(H,17,18)(H2,15,16,19). The van der Waals surface area contributed by atoms with Gasteiger partial charge in [-0.05, 0) is 18.7 Å². The SMILES string of the molecule is CSCC(C)NC(=O)NCC(C(=O)O)c1ccccc1. The molecule has 5 nitrogen and oxygen atoms in total. The molecule has 0 bridgehead atoms. The molecule has 2 atom stereocenters. The van der Waals surface area contributed by atoms with Gasteiger partial charge in [-0.1, -0.05) is 30.3 Å². The zero-order valence-electron chi connectivity index (χ0n) is 11.6. The normalized spacial score (nSPS) is 13.3. The van der Waals surface area contributed by atoms with Crippen LogP contribution in [0.5, 0.6) is 0 Å². The lowest BCUT2D eigenvalue weighted by Crippen LogP contribution is -2.43. The van der Waals surface area contributed by atoms with Crippen molar-refractivity contribution < 1.29 is 14.7 Å². The molecule has 0 saturated carbocycles. The molecule has 3 N–H and O–H groups in total. The average Bonchev–Trinajstić information content (AvgIpc) is 2.40. The Morgan fingerprint density at radius 1 is 1.30 bits per heavy atom. The van der Waals surface area contributed by atoms with Crippen LogP contribution in [0.3, 0.4) is 0 Å². The van der Waals surface area contributed by atoms with Crippen LogP contribution >= 0.6 is 11.8 Å². The minimum absolute atomic E-state index is 0.0463. The number of hydrogen-bond acceptors (Lipinski definition) is 3. The molecule has 0 aliphatic carbocycles. The van der Waals surface area contributed by atoms with E-state index < -0.39 is 11.9 Å². The van der Waals surface area contributed by atoms with Crippen LogP contribution in [0, 0.1) is 0 Å². The molecule has 0 spiro atoms. The maximum absolute atomic E-state index is 11.7. The van der Waals surface area contributed by atoms with E-state index in [0.29, 0.717) is 5.56 Å². The molecule has 1 aromatic rings. The first-order valence-electron chi connectivity index (χ1n) is 6.35. The van der Waals surface area contributed by atoms with Gasteiger partial charge < -0.3 is 15.7 Å². The fourth-order valence-electron chi connectivity index (χ4n) is 1.79. The van der Waals surface area contributed by atoms with Crippen molar-refractivity contribution in [3.8, 4) is 0 Å². The van der Waals surface area contributed by atoms with E-state index in [1.165, 1.54) is 0 Å². The highest BCUT2D eigenvalue weighted by atomic mass is 32.2. The Morgan fingerprint density at radius 2 is 1.95 bits per heavy atom. The van der Waals surface area contributed by atoms with Gasteiger partial charge in [0.1, 0.15) is 0 Å². The second-order valence-electron chi connectivity index (χ2n) is 4.51. The molecule has 0 heterocycles. The fourth-order valence-corrected chi connectivity index (χ4v) is 2.38. The van der Waals surface area contributed by atoms with Crippen LogP contribution in [0.2, 0.25) is 0 Å². The predicted molar refractivity (Wildman–Crippen MR) is 81.2 cm³/mol. The lowest BCUT2D eigenvalue weighted by Gasteiger charge is -2.16. The van der Waals surface area contributed by atoms with E-state index in [9.17, 15) is 14.7 Å². The summed E-state index contributed by atoms with van der Waals surface area (Å²) in [5.74, 6) is -0.875. The van der Waals surface area contributed by atoms with Gasteiger partial charge >= 0.3 is 12.0 Å². The van der Waals surface area contributed by atoms with Gasteiger partial charge in [-0.25, -0.2) is 4.79 Å². The summed E-state index contributed by atoms with van der Waals surface area (Å²) in [6.45, 7) is 1.97. The number of carboxylic acids is 1. The van der Waals surface area contributed by atoms with Gasteiger partial charge in [0.25, 0.3) is 0 Å². The van der Waals surface area contributed by atoms with Crippen molar-refractivity contribution in [1.29, 1.82) is 0 Å². The molecule has 20 heavy (non-hydrogen) atoms. The number of hydrogen-bond donors (Lipinski definition) is 3. The molecule has 0 aliphatic heterocycles. The average molecular weight is 296 g/mol. The van der Waals surface area contributed by atoms with Crippen LogP contribution in [0.4, 0.5) is 4.79 Å². The first-order valence-corrected chi connectivity index (χ1v) is 7.75. The lowest BCUT2D eigenvalue weighted by atomic mass is 9.99. The van der Waals surface area contributed by atoms with Crippen molar-refractivity contribution >= 4 is 23.8 Å². The van der Waals surface area contributed by atoms with Crippen molar-refractivity contribution in [2.75, 3.05) is 18.6 Å². The van der Waals surface area contributed by atoms with Crippen LogP contribution in [-0.2, 0) is 4.79 Å². The van der Waals surface area contributed by atoms with Gasteiger partial charge in [-0.3, -0.25) is 4.79 Å². The molecule has 0 radical (unpaired) electrons. The first kappa shape index (κ1) is 16.4. The zero-order chi connectivity index (χ0) is 15.0. The van der Waals surface area contributed by atoms with Gasteiger partial charge in [0.05, 0.1) is 5.92 Å². The van der Waals surface area contributed by atoms with Crippen molar-refractivity contribution in [3.63, 3.8) is 0 Å². The van der Waals surface area contributed by atoms with Crippen molar-refractivity contribution in [1.82, 2.24) is 10.6 Å². The number of carbonyl (C=O) groups is 2. The van der Waals surface area contributed by atoms with E-state index >= 15 is 0 Å². The van der Waals surface area contributed by atoms with Crippen LogP contribution in [-0.4, -0.2) is 41.7 Å². The van der Waals surface area contributed by atoms with E-state index in [-0.39, 0.29) is 18.6 Å². The van der Waals surface area contributed by atoms with Gasteiger partial charge in [0, 0.05) is 18.3 Å². The van der Waals surface area contributed by atoms with Crippen molar-refractivity contribution in [2.45, 2.75) is 18.9 Å². The number of urea groups is 1. The van der Waals surface area contributed by atoms with Crippen LogP contribution in [0.1, 0.15) is 18.4 Å². The Balaban J connectivity index is 2.52. The number of carboxylic acid groups (broad SMARTS) is 1. The van der Waals surface area contributed by atoms with E-state index in [1.54, 1.807) is 36.0 Å². The highest BCUT2D eigenvalue weighted by molar-refractivity contribution is 7.98. The molecule has 110 valence electrons. The molecule has 0 fully saturated rings. The number of thioether (sulfide) groups is 1. The Morgan fingerprint density at radius 3 is 2.50 bits per heavy atom. The molecular formula is C14H20N2O3S. The molecule has 0 saturated heterocycles. The summed E-state index contributed by atoms with van der Waals surface area (Å²) in [6, 6.07) is 8.59. The van der Waals surface area contributed by atoms with Gasteiger partial charge in [0.15, 0.2) is 0 Å². The van der Waals surface area contributed by atoms with Crippen molar-refractivity contribution in [2.24, 2.45) is 0 Å². The maximum Gasteiger partial charge on any atom is 0.315 e. The second-order valence-corrected chi connectivity index (χ2v) is 5.42. The van der Waals surface area contributed by atoms with Gasteiger partial charge in [0.2, 0.25) is 0 Å². The number of carbonyl (C=O) groups excluding carboxylic acids is 1. The number of nitrogens with one attached hydrogen (secondary N) is 2. The van der Waals surface area contributed by atoms with E-state index in [0.717, 1.165) is 5.75 Å². The molecule has 6 heteroatoms. The number of rotatable bonds is 7. The van der Waals surface area contributed by atoms with Gasteiger partial charge in [-0.15, -0.1) is 0 Å². The molecule has 2 amide bonds. The van der Waals surface area contributed by atoms with Gasteiger partial charge in [-0.2, -0.15) is 11.8 Å². The summed E-state index contributed by atoms with van der Waals surface area (Å²) in [5, 5.41) is 14.6. The third-order valence-corrected chi connectivity index (χ3v) is 3.59. The van der Waals surface area contributed by atoms with E-state index in [2.05, 4.69) is 10.6 Å². The molecule has 0 aromatic heterocycles. The lowest BCUT2D eigenvalue weighted by molar-refractivity contribution is -0.138. The predicted octanol–water partition coefficient (Wildman–Crippen LogP) is 1.91. The monoisotopic (exact) mass is 296 g/mol. The van der Waals surface area contributed by atoms with Crippen molar-refractivity contribution in [3.05, 3.63) is 35.9 Å². The summed E-state index contributed by atoms with van der Waals surface area (Å²) in [6.07, 6.45) is 1.96. The highest BCUT2D eigenvalue weighted by Crippen LogP contribution is 2.14. The summed E-state index contributed by atoms with van der Waals surface area (Å²) in [4.78, 5) is 22.9. The largest absolute Gasteiger partial charge is 0.481 e. The highest BCUT2D eigenvalue weighted by Gasteiger charge is 2.20. The van der Waals surface area contributed by atoms with Crippen LogP contribution < -0.4 is 10.6 Å². The molecule has 1 aromatic carbocycles. The summed E-state index contributed by atoms with van der Waals surface area (Å²) < 4.78 is 0. The third-order valence-electron chi connectivity index (χ3n) is 2.76. The molecule has 2 unspecified atom stereocenters. The Kier molecular flexibility index (Phi) is 6.93. The van der Waals surface area contributed by atoms with Crippen LogP contribution in [0.25, 0.3) is 0 Å². The first-order chi connectivity index (χ1) is 9.54. The molecule has 0 aliphatic rings. The number of aliphatic carboxylic acids is 1. The summed E-state index contributed by atoms with van der Waals surface area (Å²) in [5.41, 5.74) is 0.678. The molecule has 1 rings (SSSR count). The minimum Gasteiger partial charge on any atom is -0.481 e. The Hall–Kier alpha value is -1.69. The molecular weight excluding hydrogens is 276 g/mol. The second kappa shape index (κ2) is 8.47. The smallest absolute Gasteiger partial charge is 0.315 e. The summed E-state index contributed by atoms with van der Waals surface area (Å²) in [7, 11) is 0. The Bertz CT molecular complexity index is 439. The third kappa shape index (κ3) is 5.52. The van der Waals surface area contributed by atoms with E-state index in [4.69, 9.17) is 0 Å². The number of amides is 2. The minimum atomic E-state index is -0.950. The number of benzene rings is 1. The quantitative estimate of drug-likeness (QED) is 0.718. The van der Waals surface area contributed by atoms with E-state index in [1.807, 2.05) is 19.2 Å².